The summed E-state index contributed by atoms with van der Waals surface area (Å²) in [6.07, 6.45) is 6.67. The fourth-order valence-electron chi connectivity index (χ4n) is 3.13. The molecular weight excluding hydrogens is 262 g/mol. The maximum absolute atomic E-state index is 5.83. The molecule has 0 atom stereocenters. The topological polar surface area (TPSA) is 42.2 Å². The van der Waals surface area contributed by atoms with Crippen LogP contribution in [0.3, 0.4) is 0 Å². The van der Waals surface area contributed by atoms with Crippen LogP contribution in [0.5, 0.6) is 0 Å². The van der Waals surface area contributed by atoms with Gasteiger partial charge < -0.3 is 4.42 Å². The summed E-state index contributed by atoms with van der Waals surface area (Å²) in [6, 6.07) is 10.6. The van der Waals surface area contributed by atoms with E-state index in [4.69, 9.17) is 4.42 Å². The summed E-state index contributed by atoms with van der Waals surface area (Å²) in [5.41, 5.74) is 0.983. The number of aromatic nitrogens is 2. The van der Waals surface area contributed by atoms with Gasteiger partial charge >= 0.3 is 0 Å². The Morgan fingerprint density at radius 2 is 1.86 bits per heavy atom. The summed E-state index contributed by atoms with van der Waals surface area (Å²) in [5, 5.41) is 8.39. The van der Waals surface area contributed by atoms with E-state index >= 15 is 0 Å². The average Bonchev–Trinajstić information content (AvgIpc) is 3.03. The zero-order valence-electron chi connectivity index (χ0n) is 12.7. The fraction of sp³-hybridized carbons (Fsp3) is 0.529. The Morgan fingerprint density at radius 1 is 1.10 bits per heavy atom. The molecule has 0 spiro atoms. The molecule has 1 aromatic heterocycles. The minimum absolute atomic E-state index is 0.616. The van der Waals surface area contributed by atoms with Crippen molar-refractivity contribution in [2.75, 3.05) is 6.54 Å². The molecule has 0 radical (unpaired) electrons. The van der Waals surface area contributed by atoms with Crippen molar-refractivity contribution < 1.29 is 4.42 Å². The predicted molar refractivity (Wildman–Crippen MR) is 82.7 cm³/mol. The molecule has 0 saturated heterocycles. The van der Waals surface area contributed by atoms with E-state index in [0.29, 0.717) is 11.9 Å². The van der Waals surface area contributed by atoms with E-state index in [1.165, 1.54) is 32.1 Å². The molecule has 0 aliphatic heterocycles. The summed E-state index contributed by atoms with van der Waals surface area (Å²) >= 11 is 0. The minimum Gasteiger partial charge on any atom is -0.419 e. The molecule has 2 aromatic rings. The van der Waals surface area contributed by atoms with Crippen molar-refractivity contribution in [1.29, 1.82) is 0 Å². The van der Waals surface area contributed by atoms with Gasteiger partial charge in [0.2, 0.25) is 11.8 Å². The van der Waals surface area contributed by atoms with Crippen LogP contribution in [0, 0.1) is 0 Å². The summed E-state index contributed by atoms with van der Waals surface area (Å²) in [5.74, 6) is 1.34. The van der Waals surface area contributed by atoms with Gasteiger partial charge in [0.15, 0.2) is 0 Å². The lowest BCUT2D eigenvalue weighted by molar-refractivity contribution is 0.143. The van der Waals surface area contributed by atoms with Gasteiger partial charge in [0.05, 0.1) is 6.54 Å². The largest absolute Gasteiger partial charge is 0.419 e. The summed E-state index contributed by atoms with van der Waals surface area (Å²) in [7, 11) is 0. The first kappa shape index (κ1) is 14.3. The second kappa shape index (κ2) is 6.85. The van der Waals surface area contributed by atoms with Gasteiger partial charge in [-0.05, 0) is 31.5 Å². The summed E-state index contributed by atoms with van der Waals surface area (Å²) < 4.78 is 5.83. The highest BCUT2D eigenvalue weighted by atomic mass is 16.4. The molecule has 112 valence electrons. The molecule has 0 bridgehead atoms. The van der Waals surface area contributed by atoms with E-state index in [9.17, 15) is 0 Å². The predicted octanol–water partition coefficient (Wildman–Crippen LogP) is 3.89. The first-order valence-corrected chi connectivity index (χ1v) is 7.98. The maximum atomic E-state index is 5.83. The first-order valence-electron chi connectivity index (χ1n) is 7.98. The number of rotatable bonds is 5. The SMILES string of the molecule is CCN(Cc1nnc(-c2ccccc2)o1)C1CCCCC1. The van der Waals surface area contributed by atoms with Gasteiger partial charge in [-0.25, -0.2) is 0 Å². The molecule has 4 nitrogen and oxygen atoms in total. The second-order valence-electron chi connectivity index (χ2n) is 5.72. The third-order valence-electron chi connectivity index (χ3n) is 4.32. The number of nitrogens with zero attached hydrogens (tertiary/aromatic N) is 3. The molecule has 1 heterocycles. The number of hydrogen-bond donors (Lipinski definition) is 0. The van der Waals surface area contributed by atoms with E-state index in [0.717, 1.165) is 24.5 Å². The number of benzene rings is 1. The van der Waals surface area contributed by atoms with Crippen molar-refractivity contribution in [3.63, 3.8) is 0 Å². The Morgan fingerprint density at radius 3 is 2.57 bits per heavy atom. The van der Waals surface area contributed by atoms with Crippen LogP contribution < -0.4 is 0 Å². The van der Waals surface area contributed by atoms with Crippen LogP contribution in [0.1, 0.15) is 44.9 Å². The van der Waals surface area contributed by atoms with Crippen LogP contribution in [0.25, 0.3) is 11.5 Å². The Labute approximate surface area is 126 Å². The van der Waals surface area contributed by atoms with Crippen LogP contribution in [-0.2, 0) is 6.54 Å². The normalized spacial score (nSPS) is 16.5. The molecular formula is C17H23N3O. The molecule has 0 N–H and O–H groups in total. The van der Waals surface area contributed by atoms with E-state index in [2.05, 4.69) is 22.0 Å². The standard InChI is InChI=1S/C17H23N3O/c1-2-20(15-11-7-4-8-12-15)13-16-18-19-17(21-16)14-9-5-3-6-10-14/h3,5-6,9-10,15H,2,4,7-8,11-13H2,1H3. The van der Waals surface area contributed by atoms with Gasteiger partial charge in [-0.2, -0.15) is 0 Å². The Kier molecular flexibility index (Phi) is 4.65. The fourth-order valence-corrected chi connectivity index (χ4v) is 3.13. The molecule has 1 saturated carbocycles. The van der Waals surface area contributed by atoms with Crippen LogP contribution in [-0.4, -0.2) is 27.7 Å². The van der Waals surface area contributed by atoms with Crippen LogP contribution in [0.15, 0.2) is 34.7 Å². The molecule has 1 aliphatic carbocycles. The first-order chi connectivity index (χ1) is 10.4. The third-order valence-corrected chi connectivity index (χ3v) is 4.32. The van der Waals surface area contributed by atoms with Crippen LogP contribution in [0.4, 0.5) is 0 Å². The quantitative estimate of drug-likeness (QED) is 0.835. The summed E-state index contributed by atoms with van der Waals surface area (Å²) in [4.78, 5) is 2.47. The Balaban J connectivity index is 1.68. The molecule has 0 unspecified atom stereocenters. The lowest BCUT2D eigenvalue weighted by Crippen LogP contribution is -2.36. The highest BCUT2D eigenvalue weighted by Crippen LogP contribution is 2.24. The molecule has 21 heavy (non-hydrogen) atoms. The monoisotopic (exact) mass is 285 g/mol. The zero-order valence-corrected chi connectivity index (χ0v) is 12.7. The van der Waals surface area contributed by atoms with Gasteiger partial charge in [0, 0.05) is 11.6 Å². The third kappa shape index (κ3) is 3.50. The van der Waals surface area contributed by atoms with Crippen molar-refractivity contribution in [2.45, 2.75) is 51.6 Å². The van der Waals surface area contributed by atoms with E-state index in [-0.39, 0.29) is 0 Å². The molecule has 3 rings (SSSR count). The van der Waals surface area contributed by atoms with Gasteiger partial charge in [-0.15, -0.1) is 10.2 Å². The Bertz CT molecular complexity index is 546. The lowest BCUT2D eigenvalue weighted by Gasteiger charge is -2.32. The van der Waals surface area contributed by atoms with Gasteiger partial charge in [0.25, 0.3) is 0 Å². The smallest absolute Gasteiger partial charge is 0.247 e. The molecule has 1 aliphatic rings. The van der Waals surface area contributed by atoms with Gasteiger partial charge in [-0.1, -0.05) is 44.4 Å². The Hall–Kier alpha value is -1.68. The van der Waals surface area contributed by atoms with Gasteiger partial charge in [0.1, 0.15) is 0 Å². The van der Waals surface area contributed by atoms with Crippen molar-refractivity contribution in [1.82, 2.24) is 15.1 Å². The molecule has 0 amide bonds. The zero-order chi connectivity index (χ0) is 14.5. The highest BCUT2D eigenvalue weighted by molar-refractivity contribution is 5.51. The van der Waals surface area contributed by atoms with E-state index in [1.54, 1.807) is 0 Å². The van der Waals surface area contributed by atoms with Crippen LogP contribution >= 0.6 is 0 Å². The maximum Gasteiger partial charge on any atom is 0.247 e. The lowest BCUT2D eigenvalue weighted by atomic mass is 9.94. The average molecular weight is 285 g/mol. The van der Waals surface area contributed by atoms with Crippen LogP contribution in [0.2, 0.25) is 0 Å². The van der Waals surface area contributed by atoms with E-state index < -0.39 is 0 Å². The highest BCUT2D eigenvalue weighted by Gasteiger charge is 2.21. The molecule has 1 aromatic carbocycles. The van der Waals surface area contributed by atoms with E-state index in [1.807, 2.05) is 30.3 Å². The molecule has 4 heteroatoms. The minimum atomic E-state index is 0.616. The van der Waals surface area contributed by atoms with Crippen molar-refractivity contribution in [3.05, 3.63) is 36.2 Å². The summed E-state index contributed by atoms with van der Waals surface area (Å²) in [6.45, 7) is 4.01. The van der Waals surface area contributed by atoms with Crippen molar-refractivity contribution >= 4 is 0 Å². The number of hydrogen-bond acceptors (Lipinski definition) is 4. The second-order valence-corrected chi connectivity index (χ2v) is 5.72. The molecule has 1 fully saturated rings. The van der Waals surface area contributed by atoms with Crippen molar-refractivity contribution in [3.8, 4) is 11.5 Å². The van der Waals surface area contributed by atoms with Gasteiger partial charge in [-0.3, -0.25) is 4.90 Å². The van der Waals surface area contributed by atoms with Crippen molar-refractivity contribution in [2.24, 2.45) is 0 Å².